The number of allylic oxidation sites excluding steroid dienone is 2. The topological polar surface area (TPSA) is 29.5 Å². The summed E-state index contributed by atoms with van der Waals surface area (Å²) < 4.78 is 19.3. The predicted octanol–water partition coefficient (Wildman–Crippen LogP) is 4.00. The van der Waals surface area contributed by atoms with Crippen molar-refractivity contribution in [1.29, 1.82) is 0 Å². The van der Waals surface area contributed by atoms with Crippen molar-refractivity contribution in [3.8, 4) is 5.75 Å². The van der Waals surface area contributed by atoms with Crippen LogP contribution < -0.4 is 4.74 Å². The van der Waals surface area contributed by atoms with Crippen molar-refractivity contribution in [2.75, 3.05) is 0 Å². The molecule has 1 heterocycles. The molecule has 0 fully saturated rings. The number of fused-ring (bicyclic) bond motifs is 1. The number of benzene rings is 1. The Hall–Kier alpha value is -1.35. The zero-order valence-electron chi connectivity index (χ0n) is 12.0. The van der Waals surface area contributed by atoms with Crippen LogP contribution in [0.5, 0.6) is 5.75 Å². The summed E-state index contributed by atoms with van der Waals surface area (Å²) in [6.07, 6.45) is 4.39. The van der Waals surface area contributed by atoms with Gasteiger partial charge in [-0.25, -0.2) is 4.39 Å². The van der Waals surface area contributed by atoms with E-state index >= 15 is 0 Å². The fourth-order valence-corrected chi connectivity index (χ4v) is 3.61. The van der Waals surface area contributed by atoms with Crippen molar-refractivity contribution in [1.82, 2.24) is 0 Å². The first-order chi connectivity index (χ1) is 9.52. The molecular weight excluding hydrogens is 255 g/mol. The zero-order valence-corrected chi connectivity index (χ0v) is 12.0. The lowest BCUT2D eigenvalue weighted by Crippen LogP contribution is -2.35. The highest BCUT2D eigenvalue weighted by molar-refractivity contribution is 5.37. The van der Waals surface area contributed by atoms with E-state index in [1.807, 2.05) is 0 Å². The van der Waals surface area contributed by atoms with E-state index in [1.54, 1.807) is 6.07 Å². The largest absolute Gasteiger partial charge is 0.490 e. The molecule has 0 spiro atoms. The molecule has 1 aliphatic heterocycles. The van der Waals surface area contributed by atoms with Crippen molar-refractivity contribution in [3.05, 3.63) is 41.2 Å². The number of hydrogen-bond donors (Lipinski definition) is 1. The van der Waals surface area contributed by atoms with Gasteiger partial charge in [-0.3, -0.25) is 0 Å². The molecule has 4 atom stereocenters. The van der Waals surface area contributed by atoms with Crippen molar-refractivity contribution >= 4 is 0 Å². The Balaban J connectivity index is 1.81. The molecule has 2 aliphatic rings. The summed E-state index contributed by atoms with van der Waals surface area (Å²) in [5.41, 5.74) is 1.98. The predicted molar refractivity (Wildman–Crippen MR) is 76.0 cm³/mol. The molecule has 108 valence electrons. The second-order valence-electron chi connectivity index (χ2n) is 6.28. The van der Waals surface area contributed by atoms with Crippen LogP contribution in [0.4, 0.5) is 4.39 Å². The fraction of sp³-hybridized carbons (Fsp3) is 0.529. The Morgan fingerprint density at radius 3 is 2.85 bits per heavy atom. The van der Waals surface area contributed by atoms with E-state index in [-0.39, 0.29) is 11.9 Å². The quantitative estimate of drug-likeness (QED) is 0.785. The number of aliphatic hydroxyl groups is 1. The van der Waals surface area contributed by atoms with Crippen LogP contribution in [0.15, 0.2) is 29.8 Å². The SMILES string of the molecule is CC1=CC(C)CC(C2CC(O)c3cc(F)ccc3O2)C1. The van der Waals surface area contributed by atoms with Crippen LogP contribution >= 0.6 is 0 Å². The number of halogens is 1. The van der Waals surface area contributed by atoms with Gasteiger partial charge in [0.2, 0.25) is 0 Å². The first-order valence-electron chi connectivity index (χ1n) is 7.34. The highest BCUT2D eigenvalue weighted by Crippen LogP contribution is 2.41. The number of hydrogen-bond acceptors (Lipinski definition) is 2. The molecule has 3 heteroatoms. The number of rotatable bonds is 1. The normalized spacial score (nSPS) is 33.1. The Morgan fingerprint density at radius 1 is 1.30 bits per heavy atom. The fourth-order valence-electron chi connectivity index (χ4n) is 3.61. The highest BCUT2D eigenvalue weighted by atomic mass is 19.1. The summed E-state index contributed by atoms with van der Waals surface area (Å²) in [6, 6.07) is 4.41. The zero-order chi connectivity index (χ0) is 14.3. The van der Waals surface area contributed by atoms with Crippen LogP contribution in [-0.2, 0) is 0 Å². The molecule has 0 radical (unpaired) electrons. The lowest BCUT2D eigenvalue weighted by molar-refractivity contribution is 0.0270. The molecule has 4 unspecified atom stereocenters. The summed E-state index contributed by atoms with van der Waals surface area (Å²) >= 11 is 0. The van der Waals surface area contributed by atoms with E-state index < -0.39 is 6.10 Å². The van der Waals surface area contributed by atoms with Gasteiger partial charge in [-0.05, 0) is 43.9 Å². The Bertz CT molecular complexity index is 538. The van der Waals surface area contributed by atoms with E-state index in [0.717, 1.165) is 12.8 Å². The van der Waals surface area contributed by atoms with E-state index in [0.29, 0.717) is 29.6 Å². The monoisotopic (exact) mass is 276 g/mol. The molecule has 3 rings (SSSR count). The van der Waals surface area contributed by atoms with Crippen molar-refractivity contribution < 1.29 is 14.2 Å². The molecule has 2 nitrogen and oxygen atoms in total. The minimum absolute atomic E-state index is 0.0223. The summed E-state index contributed by atoms with van der Waals surface area (Å²) in [7, 11) is 0. The average molecular weight is 276 g/mol. The van der Waals surface area contributed by atoms with E-state index in [2.05, 4.69) is 19.9 Å². The molecule has 1 N–H and O–H groups in total. The van der Waals surface area contributed by atoms with Gasteiger partial charge in [-0.15, -0.1) is 0 Å². The van der Waals surface area contributed by atoms with Crippen LogP contribution in [0.1, 0.15) is 44.8 Å². The molecule has 1 aromatic rings. The van der Waals surface area contributed by atoms with Crippen LogP contribution in [0, 0.1) is 17.7 Å². The molecule has 0 amide bonds. The maximum absolute atomic E-state index is 13.2. The minimum Gasteiger partial charge on any atom is -0.490 e. The maximum Gasteiger partial charge on any atom is 0.125 e. The molecule has 0 bridgehead atoms. The van der Waals surface area contributed by atoms with E-state index in [1.165, 1.54) is 17.7 Å². The van der Waals surface area contributed by atoms with Crippen LogP contribution in [0.25, 0.3) is 0 Å². The standard InChI is InChI=1S/C17H21FO2/c1-10-5-11(2)7-12(6-10)17-9-15(19)14-8-13(18)3-4-16(14)20-17/h3-5,8,10,12,15,17,19H,6-7,9H2,1-2H3. The smallest absolute Gasteiger partial charge is 0.125 e. The third kappa shape index (κ3) is 2.59. The van der Waals surface area contributed by atoms with Gasteiger partial charge in [0.05, 0.1) is 6.10 Å². The number of ether oxygens (including phenoxy) is 1. The Kier molecular flexibility index (Phi) is 3.55. The molecule has 1 aromatic carbocycles. The molecule has 0 aromatic heterocycles. The van der Waals surface area contributed by atoms with Crippen molar-refractivity contribution in [2.24, 2.45) is 11.8 Å². The second kappa shape index (κ2) is 5.21. The van der Waals surface area contributed by atoms with Gasteiger partial charge in [0, 0.05) is 17.9 Å². The average Bonchev–Trinajstić information content (AvgIpc) is 2.38. The van der Waals surface area contributed by atoms with Gasteiger partial charge < -0.3 is 9.84 Å². The van der Waals surface area contributed by atoms with Crippen LogP contribution in [-0.4, -0.2) is 11.2 Å². The van der Waals surface area contributed by atoms with E-state index in [4.69, 9.17) is 4.74 Å². The van der Waals surface area contributed by atoms with Gasteiger partial charge in [0.1, 0.15) is 17.7 Å². The first kappa shape index (κ1) is 13.6. The first-order valence-corrected chi connectivity index (χ1v) is 7.34. The molecular formula is C17H21FO2. The second-order valence-corrected chi connectivity index (χ2v) is 6.28. The van der Waals surface area contributed by atoms with Crippen LogP contribution in [0.3, 0.4) is 0 Å². The van der Waals surface area contributed by atoms with E-state index in [9.17, 15) is 9.50 Å². The lowest BCUT2D eigenvalue weighted by Gasteiger charge is -2.37. The molecule has 0 saturated heterocycles. The summed E-state index contributed by atoms with van der Waals surface area (Å²) in [5, 5.41) is 10.3. The van der Waals surface area contributed by atoms with Crippen LogP contribution in [0.2, 0.25) is 0 Å². The van der Waals surface area contributed by atoms with Gasteiger partial charge in [0.25, 0.3) is 0 Å². The Labute approximate surface area is 119 Å². The third-order valence-corrected chi connectivity index (χ3v) is 4.42. The molecule has 1 aliphatic carbocycles. The van der Waals surface area contributed by atoms with Crippen molar-refractivity contribution in [2.45, 2.75) is 45.3 Å². The third-order valence-electron chi connectivity index (χ3n) is 4.42. The number of aliphatic hydroxyl groups excluding tert-OH is 1. The molecule has 20 heavy (non-hydrogen) atoms. The highest BCUT2D eigenvalue weighted by Gasteiger charge is 2.34. The maximum atomic E-state index is 13.2. The van der Waals surface area contributed by atoms with Gasteiger partial charge in [-0.2, -0.15) is 0 Å². The van der Waals surface area contributed by atoms with Gasteiger partial charge in [-0.1, -0.05) is 18.6 Å². The Morgan fingerprint density at radius 2 is 2.10 bits per heavy atom. The van der Waals surface area contributed by atoms with Crippen molar-refractivity contribution in [3.63, 3.8) is 0 Å². The summed E-state index contributed by atoms with van der Waals surface area (Å²) in [4.78, 5) is 0. The molecule has 0 saturated carbocycles. The van der Waals surface area contributed by atoms with Gasteiger partial charge in [0.15, 0.2) is 0 Å². The summed E-state index contributed by atoms with van der Waals surface area (Å²) in [6.45, 7) is 4.38. The lowest BCUT2D eigenvalue weighted by atomic mass is 9.78. The minimum atomic E-state index is -0.624. The summed E-state index contributed by atoms with van der Waals surface area (Å²) in [5.74, 6) is 1.30. The van der Waals surface area contributed by atoms with Gasteiger partial charge >= 0.3 is 0 Å².